The van der Waals surface area contributed by atoms with Gasteiger partial charge < -0.3 is 4.84 Å². The van der Waals surface area contributed by atoms with Gasteiger partial charge in [-0.25, -0.2) is 8.78 Å². The Morgan fingerprint density at radius 1 is 1.05 bits per heavy atom. The summed E-state index contributed by atoms with van der Waals surface area (Å²) in [5.74, 6) is -1.30. The topological polar surface area (TPSA) is 67.9 Å². The number of hydrogen-bond donors (Lipinski definition) is 0. The summed E-state index contributed by atoms with van der Waals surface area (Å²) in [5.41, 5.74) is 4.70. The van der Waals surface area contributed by atoms with Crippen molar-refractivity contribution in [3.63, 3.8) is 0 Å². The molecule has 0 unspecified atom stereocenters. The SMILES string of the molecule is CCO/N=C(\c1ccc(F)c(F)c1)c1ccc(CN2[C@@H]3CC[C@H]2C[C@@H](c2ccn4cnnc4c2)C3)cn1. The first kappa shape index (κ1) is 23.7. The molecule has 0 aliphatic carbocycles. The first-order chi connectivity index (χ1) is 18.1. The average molecular weight is 503 g/mol. The molecule has 0 saturated carbocycles. The summed E-state index contributed by atoms with van der Waals surface area (Å²) >= 11 is 0. The quantitative estimate of drug-likeness (QED) is 0.260. The maximum absolute atomic E-state index is 13.9. The Hall–Kier alpha value is -3.72. The molecule has 0 spiro atoms. The van der Waals surface area contributed by atoms with Gasteiger partial charge in [0, 0.05) is 36.6 Å². The summed E-state index contributed by atoms with van der Waals surface area (Å²) in [6, 6.07) is 13.0. The second-order valence-electron chi connectivity index (χ2n) is 9.82. The van der Waals surface area contributed by atoms with E-state index in [9.17, 15) is 8.78 Å². The van der Waals surface area contributed by atoms with Gasteiger partial charge in [0.25, 0.3) is 0 Å². The number of benzene rings is 1. The highest BCUT2D eigenvalue weighted by Gasteiger charge is 2.41. The molecule has 190 valence electrons. The summed E-state index contributed by atoms with van der Waals surface area (Å²) < 4.78 is 29.3. The van der Waals surface area contributed by atoms with Crippen molar-refractivity contribution in [1.82, 2.24) is 24.5 Å². The number of aromatic nitrogens is 4. The number of halogens is 2. The van der Waals surface area contributed by atoms with Crippen LogP contribution in [0.1, 0.15) is 60.9 Å². The Morgan fingerprint density at radius 3 is 2.62 bits per heavy atom. The molecule has 2 saturated heterocycles. The van der Waals surface area contributed by atoms with E-state index in [1.807, 2.05) is 29.7 Å². The van der Waals surface area contributed by atoms with E-state index in [0.29, 0.717) is 41.6 Å². The van der Waals surface area contributed by atoms with E-state index >= 15 is 0 Å². The predicted octanol–water partition coefficient (Wildman–Crippen LogP) is 5.10. The third-order valence-corrected chi connectivity index (χ3v) is 7.59. The molecular formula is C28H28F2N6O. The van der Waals surface area contributed by atoms with Gasteiger partial charge in [-0.3, -0.25) is 14.3 Å². The molecule has 1 aromatic carbocycles. The Labute approximate surface area is 213 Å². The molecule has 7 nitrogen and oxygen atoms in total. The van der Waals surface area contributed by atoms with Crippen molar-refractivity contribution in [2.75, 3.05) is 6.61 Å². The van der Waals surface area contributed by atoms with Crippen LogP contribution in [0.2, 0.25) is 0 Å². The van der Waals surface area contributed by atoms with Gasteiger partial charge in [0.1, 0.15) is 18.6 Å². The lowest BCUT2D eigenvalue weighted by Crippen LogP contribution is -2.41. The van der Waals surface area contributed by atoms with Crippen LogP contribution in [0.25, 0.3) is 5.65 Å². The van der Waals surface area contributed by atoms with Crippen molar-refractivity contribution < 1.29 is 13.6 Å². The van der Waals surface area contributed by atoms with Gasteiger partial charge in [-0.1, -0.05) is 11.2 Å². The molecule has 2 aliphatic rings. The van der Waals surface area contributed by atoms with Gasteiger partial charge in [0.2, 0.25) is 0 Å². The molecule has 2 aliphatic heterocycles. The first-order valence-corrected chi connectivity index (χ1v) is 12.7. The van der Waals surface area contributed by atoms with E-state index in [1.165, 1.54) is 24.5 Å². The summed E-state index contributed by atoms with van der Waals surface area (Å²) in [6.07, 6.45) is 10.3. The van der Waals surface area contributed by atoms with Crippen molar-refractivity contribution in [2.45, 2.75) is 57.2 Å². The number of piperidine rings is 1. The number of nitrogens with zero attached hydrogens (tertiary/aromatic N) is 6. The van der Waals surface area contributed by atoms with Crippen molar-refractivity contribution in [2.24, 2.45) is 5.16 Å². The zero-order valence-corrected chi connectivity index (χ0v) is 20.6. The lowest BCUT2D eigenvalue weighted by molar-refractivity contribution is 0.118. The largest absolute Gasteiger partial charge is 0.396 e. The molecule has 5 heterocycles. The van der Waals surface area contributed by atoms with Crippen molar-refractivity contribution in [3.05, 3.63) is 95.2 Å². The minimum Gasteiger partial charge on any atom is -0.396 e. The molecule has 0 N–H and O–H groups in total. The Morgan fingerprint density at radius 2 is 1.89 bits per heavy atom. The fraction of sp³-hybridized carbons (Fsp3) is 0.357. The van der Waals surface area contributed by atoms with Gasteiger partial charge in [0.05, 0.1) is 5.69 Å². The molecule has 2 fully saturated rings. The van der Waals surface area contributed by atoms with Crippen LogP contribution in [0, 0.1) is 11.6 Å². The lowest BCUT2D eigenvalue weighted by atomic mass is 9.85. The minimum absolute atomic E-state index is 0.358. The van der Waals surface area contributed by atoms with Crippen molar-refractivity contribution in [1.29, 1.82) is 0 Å². The molecule has 6 rings (SSSR count). The van der Waals surface area contributed by atoms with Crippen LogP contribution in [-0.4, -0.2) is 48.9 Å². The van der Waals surface area contributed by atoms with Crippen LogP contribution in [0.3, 0.4) is 0 Å². The molecule has 4 aromatic rings. The summed E-state index contributed by atoms with van der Waals surface area (Å²) in [5, 5.41) is 12.3. The highest BCUT2D eigenvalue weighted by molar-refractivity contribution is 6.11. The Bertz CT molecular complexity index is 1420. The van der Waals surface area contributed by atoms with Crippen LogP contribution in [0.4, 0.5) is 8.78 Å². The normalized spacial score (nSPS) is 22.0. The third-order valence-electron chi connectivity index (χ3n) is 7.59. The maximum Gasteiger partial charge on any atom is 0.160 e. The molecule has 9 heteroatoms. The highest BCUT2D eigenvalue weighted by atomic mass is 19.2. The van der Waals surface area contributed by atoms with Crippen LogP contribution in [-0.2, 0) is 11.4 Å². The number of oxime groups is 1. The molecule has 37 heavy (non-hydrogen) atoms. The van der Waals surface area contributed by atoms with E-state index in [-0.39, 0.29) is 0 Å². The summed E-state index contributed by atoms with van der Waals surface area (Å²) in [4.78, 5) is 12.5. The lowest BCUT2D eigenvalue weighted by Gasteiger charge is -2.39. The number of rotatable bonds is 7. The van der Waals surface area contributed by atoms with Gasteiger partial charge in [0.15, 0.2) is 17.3 Å². The number of fused-ring (bicyclic) bond motifs is 3. The second kappa shape index (κ2) is 9.97. The monoisotopic (exact) mass is 502 g/mol. The molecular weight excluding hydrogens is 474 g/mol. The number of hydrogen-bond acceptors (Lipinski definition) is 6. The smallest absolute Gasteiger partial charge is 0.160 e. The average Bonchev–Trinajstić information content (AvgIpc) is 3.47. The second-order valence-corrected chi connectivity index (χ2v) is 9.82. The van der Waals surface area contributed by atoms with Crippen LogP contribution in [0.15, 0.2) is 66.3 Å². The van der Waals surface area contributed by atoms with Gasteiger partial charge in [-0.05, 0) is 86.1 Å². The molecule has 0 amide bonds. The highest BCUT2D eigenvalue weighted by Crippen LogP contribution is 2.43. The van der Waals surface area contributed by atoms with E-state index < -0.39 is 11.6 Å². The van der Waals surface area contributed by atoms with Gasteiger partial charge in [-0.15, -0.1) is 10.2 Å². The van der Waals surface area contributed by atoms with E-state index in [2.05, 4.69) is 43.6 Å². The fourth-order valence-electron chi connectivity index (χ4n) is 5.78. The Kier molecular flexibility index (Phi) is 6.38. The van der Waals surface area contributed by atoms with E-state index in [1.54, 1.807) is 6.33 Å². The van der Waals surface area contributed by atoms with Gasteiger partial charge >= 0.3 is 0 Å². The summed E-state index contributed by atoms with van der Waals surface area (Å²) in [7, 11) is 0. The fourth-order valence-corrected chi connectivity index (χ4v) is 5.78. The number of pyridine rings is 2. The van der Waals surface area contributed by atoms with Gasteiger partial charge in [-0.2, -0.15) is 0 Å². The minimum atomic E-state index is -0.932. The van der Waals surface area contributed by atoms with E-state index in [0.717, 1.165) is 42.7 Å². The van der Waals surface area contributed by atoms with Crippen LogP contribution in [0.5, 0.6) is 0 Å². The zero-order chi connectivity index (χ0) is 25.4. The predicted molar refractivity (Wildman–Crippen MR) is 135 cm³/mol. The molecule has 3 atom stereocenters. The van der Waals surface area contributed by atoms with E-state index in [4.69, 9.17) is 4.84 Å². The Balaban J connectivity index is 1.17. The third kappa shape index (κ3) is 4.71. The first-order valence-electron chi connectivity index (χ1n) is 12.7. The standard InChI is InChI=1S/C28H28F2N6O/c1-2-37-34-28(20-4-7-24(29)25(30)13-20)26-8-3-18(15-31-26)16-36-22-5-6-23(36)12-21(11-22)19-9-10-35-17-32-33-27(35)14-19/h3-4,7-10,13-15,17,21-23H,2,5-6,11-12,16H2,1H3/b34-28+/t21-,22+,23-. The maximum atomic E-state index is 13.9. The molecule has 2 bridgehead atoms. The molecule has 3 aromatic heterocycles. The van der Waals surface area contributed by atoms with Crippen molar-refractivity contribution in [3.8, 4) is 0 Å². The summed E-state index contributed by atoms with van der Waals surface area (Å²) in [6.45, 7) is 3.01. The molecule has 0 radical (unpaired) electrons. The zero-order valence-electron chi connectivity index (χ0n) is 20.6. The van der Waals surface area contributed by atoms with Crippen LogP contribution < -0.4 is 0 Å². The van der Waals surface area contributed by atoms with Crippen molar-refractivity contribution >= 4 is 11.4 Å². The van der Waals surface area contributed by atoms with Crippen LogP contribution >= 0.6 is 0 Å².